The number of esters is 1. The van der Waals surface area contributed by atoms with Crippen molar-refractivity contribution in [1.29, 1.82) is 0 Å². The van der Waals surface area contributed by atoms with Gasteiger partial charge in [-0.25, -0.2) is 0 Å². The topological polar surface area (TPSA) is 65.0 Å². The number of ether oxygens (including phenoxy) is 3. The Labute approximate surface area is 118 Å². The second-order valence-corrected chi connectivity index (χ2v) is 5.46. The summed E-state index contributed by atoms with van der Waals surface area (Å²) in [6, 6.07) is 5.31. The Bertz CT molecular complexity index is 495. The van der Waals surface area contributed by atoms with Crippen LogP contribution in [0.25, 0.3) is 0 Å². The molecule has 0 aliphatic carbocycles. The molecule has 110 valence electrons. The maximum Gasteiger partial charge on any atom is 0.308 e. The van der Waals surface area contributed by atoms with E-state index >= 15 is 0 Å². The number of carbonyl (C=O) groups excluding carboxylic acids is 1. The lowest BCUT2D eigenvalue weighted by Gasteiger charge is -2.35. The largest absolute Gasteiger partial charge is 0.493 e. The van der Waals surface area contributed by atoms with Gasteiger partial charge in [-0.05, 0) is 26.0 Å². The van der Waals surface area contributed by atoms with Gasteiger partial charge in [0.25, 0.3) is 0 Å². The van der Waals surface area contributed by atoms with Gasteiger partial charge in [0.2, 0.25) is 0 Å². The zero-order valence-corrected chi connectivity index (χ0v) is 12.0. The van der Waals surface area contributed by atoms with Gasteiger partial charge in [-0.15, -0.1) is 0 Å². The Hall–Kier alpha value is -1.75. The first kappa shape index (κ1) is 14.7. The van der Waals surface area contributed by atoms with Gasteiger partial charge in [-0.1, -0.05) is 0 Å². The molecule has 0 saturated heterocycles. The summed E-state index contributed by atoms with van der Waals surface area (Å²) in [6.07, 6.45) is 0.225. The van der Waals surface area contributed by atoms with E-state index in [0.717, 1.165) is 5.56 Å². The molecule has 20 heavy (non-hydrogen) atoms. The molecule has 0 spiro atoms. The summed E-state index contributed by atoms with van der Waals surface area (Å²) >= 11 is 0. The minimum atomic E-state index is -0.530. The highest BCUT2D eigenvalue weighted by Crippen LogP contribution is 2.40. The average molecular weight is 280 g/mol. The summed E-state index contributed by atoms with van der Waals surface area (Å²) < 4.78 is 15.9. The van der Waals surface area contributed by atoms with E-state index in [9.17, 15) is 9.90 Å². The normalized spacial score (nSPS) is 19.7. The quantitative estimate of drug-likeness (QED) is 0.857. The van der Waals surface area contributed by atoms with E-state index in [-0.39, 0.29) is 19.0 Å². The number of benzene rings is 1. The van der Waals surface area contributed by atoms with Crippen molar-refractivity contribution in [1.82, 2.24) is 0 Å². The smallest absolute Gasteiger partial charge is 0.308 e. The first-order chi connectivity index (χ1) is 9.41. The summed E-state index contributed by atoms with van der Waals surface area (Å²) in [5.41, 5.74) is 0.362. The van der Waals surface area contributed by atoms with Crippen molar-refractivity contribution in [2.24, 2.45) is 0 Å². The van der Waals surface area contributed by atoms with Crippen LogP contribution < -0.4 is 9.47 Å². The number of carbonyl (C=O) groups is 1. The van der Waals surface area contributed by atoms with Crippen LogP contribution in [0.2, 0.25) is 0 Å². The SMILES string of the molecule is COC(=O)CCOc1ccc2c(c1)OC(C)(C)CC2O. The molecule has 0 bridgehead atoms. The molecule has 0 saturated carbocycles. The number of methoxy groups -OCH3 is 1. The van der Waals surface area contributed by atoms with Gasteiger partial charge < -0.3 is 19.3 Å². The Kier molecular flexibility index (Phi) is 4.18. The molecule has 5 nitrogen and oxygen atoms in total. The maximum atomic E-state index is 11.0. The number of aliphatic hydroxyl groups is 1. The summed E-state index contributed by atoms with van der Waals surface area (Å²) in [5.74, 6) is 0.928. The summed E-state index contributed by atoms with van der Waals surface area (Å²) in [6.45, 7) is 4.12. The lowest BCUT2D eigenvalue weighted by Crippen LogP contribution is -2.34. The minimum absolute atomic E-state index is 0.197. The van der Waals surface area contributed by atoms with E-state index < -0.39 is 11.7 Å². The van der Waals surface area contributed by atoms with E-state index in [2.05, 4.69) is 4.74 Å². The minimum Gasteiger partial charge on any atom is -0.493 e. The Morgan fingerprint density at radius 1 is 1.50 bits per heavy atom. The van der Waals surface area contributed by atoms with Gasteiger partial charge >= 0.3 is 5.97 Å². The lowest BCUT2D eigenvalue weighted by atomic mass is 9.92. The van der Waals surface area contributed by atoms with Gasteiger partial charge in [-0.3, -0.25) is 4.79 Å². The molecule has 0 aromatic heterocycles. The van der Waals surface area contributed by atoms with Gasteiger partial charge in [-0.2, -0.15) is 0 Å². The fourth-order valence-electron chi connectivity index (χ4n) is 2.24. The van der Waals surface area contributed by atoms with Crippen molar-refractivity contribution in [3.05, 3.63) is 23.8 Å². The zero-order chi connectivity index (χ0) is 14.8. The highest BCUT2D eigenvalue weighted by molar-refractivity contribution is 5.69. The van der Waals surface area contributed by atoms with Crippen LogP contribution in [-0.4, -0.2) is 30.4 Å². The van der Waals surface area contributed by atoms with Crippen LogP contribution in [0, 0.1) is 0 Å². The van der Waals surface area contributed by atoms with E-state index in [1.54, 1.807) is 18.2 Å². The summed E-state index contributed by atoms with van der Waals surface area (Å²) in [5, 5.41) is 10.1. The molecule has 1 aliphatic heterocycles. The number of hydrogen-bond acceptors (Lipinski definition) is 5. The van der Waals surface area contributed by atoms with Gasteiger partial charge in [0.15, 0.2) is 0 Å². The number of fused-ring (bicyclic) bond motifs is 1. The van der Waals surface area contributed by atoms with Crippen LogP contribution >= 0.6 is 0 Å². The van der Waals surface area contributed by atoms with Crippen molar-refractivity contribution < 1.29 is 24.1 Å². The van der Waals surface area contributed by atoms with E-state index in [0.29, 0.717) is 17.9 Å². The van der Waals surface area contributed by atoms with Crippen LogP contribution in [-0.2, 0) is 9.53 Å². The number of rotatable bonds is 4. The third-order valence-electron chi connectivity index (χ3n) is 3.22. The molecule has 0 fully saturated rings. The Morgan fingerprint density at radius 3 is 2.95 bits per heavy atom. The fraction of sp³-hybridized carbons (Fsp3) is 0.533. The summed E-state index contributed by atoms with van der Waals surface area (Å²) in [4.78, 5) is 11.0. The number of aliphatic hydroxyl groups excluding tert-OH is 1. The maximum absolute atomic E-state index is 11.0. The Morgan fingerprint density at radius 2 is 2.25 bits per heavy atom. The molecule has 0 radical (unpaired) electrons. The molecule has 0 amide bonds. The van der Waals surface area contributed by atoms with Crippen LogP contribution in [0.4, 0.5) is 0 Å². The second-order valence-electron chi connectivity index (χ2n) is 5.46. The molecule has 1 heterocycles. The first-order valence-corrected chi connectivity index (χ1v) is 6.62. The van der Waals surface area contributed by atoms with Crippen LogP contribution in [0.15, 0.2) is 18.2 Å². The molecule has 1 aliphatic rings. The molecule has 5 heteroatoms. The predicted octanol–water partition coefficient (Wildman–Crippen LogP) is 2.22. The fourth-order valence-corrected chi connectivity index (χ4v) is 2.24. The predicted molar refractivity (Wildman–Crippen MR) is 72.9 cm³/mol. The molecular formula is C15H20O5. The molecule has 1 aromatic carbocycles. The molecule has 1 N–H and O–H groups in total. The third-order valence-corrected chi connectivity index (χ3v) is 3.22. The van der Waals surface area contributed by atoms with E-state index in [4.69, 9.17) is 9.47 Å². The highest BCUT2D eigenvalue weighted by atomic mass is 16.5. The number of hydrogen-bond donors (Lipinski definition) is 1. The first-order valence-electron chi connectivity index (χ1n) is 6.62. The highest BCUT2D eigenvalue weighted by Gasteiger charge is 2.32. The monoisotopic (exact) mass is 280 g/mol. The molecule has 2 rings (SSSR count). The molecular weight excluding hydrogens is 260 g/mol. The zero-order valence-electron chi connectivity index (χ0n) is 12.0. The summed E-state index contributed by atoms with van der Waals surface area (Å²) in [7, 11) is 1.35. The van der Waals surface area contributed by atoms with Crippen molar-refractivity contribution in [3.8, 4) is 11.5 Å². The molecule has 1 atom stereocenters. The van der Waals surface area contributed by atoms with Crippen LogP contribution in [0.5, 0.6) is 11.5 Å². The molecule has 1 unspecified atom stereocenters. The van der Waals surface area contributed by atoms with Crippen molar-refractivity contribution in [2.45, 2.75) is 38.4 Å². The van der Waals surface area contributed by atoms with Crippen LogP contribution in [0.1, 0.15) is 38.4 Å². The molecule has 1 aromatic rings. The van der Waals surface area contributed by atoms with Crippen molar-refractivity contribution >= 4 is 5.97 Å². The third kappa shape index (κ3) is 3.42. The van der Waals surface area contributed by atoms with E-state index in [1.807, 2.05) is 13.8 Å². The lowest BCUT2D eigenvalue weighted by molar-refractivity contribution is -0.141. The Balaban J connectivity index is 2.06. The van der Waals surface area contributed by atoms with Crippen LogP contribution in [0.3, 0.4) is 0 Å². The average Bonchev–Trinajstić information content (AvgIpc) is 2.36. The van der Waals surface area contributed by atoms with Crippen molar-refractivity contribution in [3.63, 3.8) is 0 Å². The van der Waals surface area contributed by atoms with Crippen molar-refractivity contribution in [2.75, 3.05) is 13.7 Å². The standard InChI is InChI=1S/C15H20O5/c1-15(2)9-12(16)11-5-4-10(8-13(11)20-15)19-7-6-14(17)18-3/h4-5,8,12,16H,6-7,9H2,1-3H3. The van der Waals surface area contributed by atoms with Gasteiger partial charge in [0, 0.05) is 18.1 Å². The van der Waals surface area contributed by atoms with E-state index in [1.165, 1.54) is 7.11 Å². The van der Waals surface area contributed by atoms with Gasteiger partial charge in [0.1, 0.15) is 17.1 Å². The van der Waals surface area contributed by atoms with Gasteiger partial charge in [0.05, 0.1) is 26.2 Å². The second kappa shape index (κ2) is 5.71.